The minimum Gasteiger partial charge on any atom is -0.354 e. The first kappa shape index (κ1) is 17.7. The van der Waals surface area contributed by atoms with Crippen molar-refractivity contribution in [1.29, 1.82) is 0 Å². The van der Waals surface area contributed by atoms with Crippen molar-refractivity contribution in [1.82, 2.24) is 20.1 Å². The second-order valence-electron chi connectivity index (χ2n) is 6.09. The van der Waals surface area contributed by atoms with Crippen molar-refractivity contribution in [3.63, 3.8) is 0 Å². The third-order valence-electron chi connectivity index (χ3n) is 4.35. The highest BCUT2D eigenvalue weighted by Crippen LogP contribution is 2.48. The number of aryl methyl sites for hydroxylation is 1. The lowest BCUT2D eigenvalue weighted by Gasteiger charge is -2.09. The first-order valence-corrected chi connectivity index (χ1v) is 8.25. The largest absolute Gasteiger partial charge is 0.416 e. The summed E-state index contributed by atoms with van der Waals surface area (Å²) in [4.78, 5) is 12.2. The first-order valence-electron chi connectivity index (χ1n) is 7.84. The molecule has 0 spiro atoms. The Morgan fingerprint density at radius 2 is 2.24 bits per heavy atom. The van der Waals surface area contributed by atoms with Gasteiger partial charge in [0, 0.05) is 19.0 Å². The van der Waals surface area contributed by atoms with E-state index in [4.69, 9.17) is 12.2 Å². The molecule has 2 N–H and O–H groups in total. The number of rotatable bonds is 5. The topological polar surface area (TPSA) is 62.7 Å². The van der Waals surface area contributed by atoms with Gasteiger partial charge in [-0.15, -0.1) is 0 Å². The normalized spacial score (nSPS) is 19.7. The molecule has 25 heavy (non-hydrogen) atoms. The Hall–Kier alpha value is -2.16. The number of nitrogens with one attached hydrogen (secondary N) is 2. The van der Waals surface area contributed by atoms with Crippen LogP contribution in [0.25, 0.3) is 0 Å². The van der Waals surface area contributed by atoms with Crippen molar-refractivity contribution in [3.05, 3.63) is 46.0 Å². The Labute approximate surface area is 147 Å². The van der Waals surface area contributed by atoms with Crippen LogP contribution < -0.4 is 5.32 Å². The van der Waals surface area contributed by atoms with Crippen LogP contribution in [0.3, 0.4) is 0 Å². The van der Waals surface area contributed by atoms with Gasteiger partial charge in [0.25, 0.3) is 0 Å². The predicted octanol–water partition coefficient (Wildman–Crippen LogP) is 3.19. The summed E-state index contributed by atoms with van der Waals surface area (Å²) >= 11 is 5.08. The van der Waals surface area contributed by atoms with E-state index in [0.717, 1.165) is 18.0 Å². The number of aromatic nitrogens is 3. The van der Waals surface area contributed by atoms with Gasteiger partial charge in [-0.3, -0.25) is 9.89 Å². The molecule has 2 aromatic rings. The fourth-order valence-electron chi connectivity index (χ4n) is 2.88. The zero-order valence-corrected chi connectivity index (χ0v) is 14.2. The number of carbonyl (C=O) groups is 1. The van der Waals surface area contributed by atoms with Crippen LogP contribution in [0.2, 0.25) is 0 Å². The Bertz CT molecular complexity index is 842. The van der Waals surface area contributed by atoms with Gasteiger partial charge in [0.2, 0.25) is 5.91 Å². The zero-order valence-electron chi connectivity index (χ0n) is 13.4. The average molecular weight is 370 g/mol. The molecule has 0 unspecified atom stereocenters. The molecular weight excluding hydrogens is 353 g/mol. The zero-order chi connectivity index (χ0) is 18.2. The summed E-state index contributed by atoms with van der Waals surface area (Å²) < 4.78 is 40.6. The number of hydrogen-bond donors (Lipinski definition) is 2. The molecular formula is C16H17F3N4OS. The quantitative estimate of drug-likeness (QED) is 0.795. The van der Waals surface area contributed by atoms with E-state index in [-0.39, 0.29) is 17.7 Å². The van der Waals surface area contributed by atoms with E-state index in [9.17, 15) is 18.0 Å². The molecule has 1 aliphatic rings. The molecule has 1 aromatic carbocycles. The predicted molar refractivity (Wildman–Crippen MR) is 87.5 cm³/mol. The van der Waals surface area contributed by atoms with E-state index in [2.05, 4.69) is 15.5 Å². The van der Waals surface area contributed by atoms with Crippen LogP contribution in [0.15, 0.2) is 24.3 Å². The van der Waals surface area contributed by atoms with Gasteiger partial charge in [-0.1, -0.05) is 18.2 Å². The summed E-state index contributed by atoms with van der Waals surface area (Å²) in [5, 5.41) is 9.46. The van der Waals surface area contributed by atoms with Crippen LogP contribution in [0.1, 0.15) is 29.3 Å². The van der Waals surface area contributed by atoms with Gasteiger partial charge in [-0.25, -0.2) is 0 Å². The molecule has 5 nitrogen and oxygen atoms in total. The highest BCUT2D eigenvalue weighted by molar-refractivity contribution is 7.71. The minimum atomic E-state index is -4.37. The smallest absolute Gasteiger partial charge is 0.354 e. The SMILES string of the molecule is Cc1n[nH]c(=S)n1CCNC(=O)[C@H]1C[C@@H]1c1cccc(C(F)(F)F)c1. The molecule has 0 bridgehead atoms. The molecule has 134 valence electrons. The molecule has 1 heterocycles. The van der Waals surface area contributed by atoms with Crippen molar-refractivity contribution >= 4 is 18.1 Å². The first-order chi connectivity index (χ1) is 11.8. The van der Waals surface area contributed by atoms with Gasteiger partial charge < -0.3 is 9.88 Å². The van der Waals surface area contributed by atoms with Crippen LogP contribution in [0, 0.1) is 17.6 Å². The Balaban J connectivity index is 1.55. The van der Waals surface area contributed by atoms with Crippen molar-refractivity contribution in [3.8, 4) is 0 Å². The fraction of sp³-hybridized carbons (Fsp3) is 0.438. The maximum absolute atomic E-state index is 12.8. The number of aromatic amines is 1. The van der Waals surface area contributed by atoms with Crippen LogP contribution in [-0.4, -0.2) is 27.2 Å². The number of alkyl halides is 3. The molecule has 0 saturated heterocycles. The molecule has 3 rings (SSSR count). The van der Waals surface area contributed by atoms with Crippen LogP contribution in [0.5, 0.6) is 0 Å². The monoisotopic (exact) mass is 370 g/mol. The van der Waals surface area contributed by atoms with Gasteiger partial charge in [-0.2, -0.15) is 18.3 Å². The number of H-pyrrole nitrogens is 1. The maximum atomic E-state index is 12.8. The molecule has 1 aliphatic carbocycles. The number of benzene rings is 1. The fourth-order valence-corrected chi connectivity index (χ4v) is 3.15. The van der Waals surface area contributed by atoms with Crippen LogP contribution in [0.4, 0.5) is 13.2 Å². The Kier molecular flexibility index (Phi) is 4.68. The number of amides is 1. The van der Waals surface area contributed by atoms with E-state index >= 15 is 0 Å². The van der Waals surface area contributed by atoms with E-state index in [1.54, 1.807) is 17.6 Å². The summed E-state index contributed by atoms with van der Waals surface area (Å²) in [5.41, 5.74) is -0.122. The van der Waals surface area contributed by atoms with Gasteiger partial charge in [0.05, 0.1) is 5.56 Å². The number of nitrogens with zero attached hydrogens (tertiary/aromatic N) is 2. The van der Waals surface area contributed by atoms with Gasteiger partial charge in [0.1, 0.15) is 5.82 Å². The second-order valence-corrected chi connectivity index (χ2v) is 6.48. The Morgan fingerprint density at radius 3 is 2.88 bits per heavy atom. The van der Waals surface area contributed by atoms with Crippen LogP contribution in [-0.2, 0) is 17.5 Å². The number of hydrogen-bond acceptors (Lipinski definition) is 3. The standard InChI is InChI=1S/C16H17F3N4OS/c1-9-21-22-15(25)23(9)6-5-20-14(24)13-8-12(13)10-3-2-4-11(7-10)16(17,18)19/h2-4,7,12-13H,5-6,8H2,1H3,(H,20,24)(H,22,25)/t12-,13+/m1/s1. The molecule has 0 radical (unpaired) electrons. The van der Waals surface area contributed by atoms with Gasteiger partial charge >= 0.3 is 6.18 Å². The molecule has 2 atom stereocenters. The Morgan fingerprint density at radius 1 is 1.48 bits per heavy atom. The minimum absolute atomic E-state index is 0.143. The lowest BCUT2D eigenvalue weighted by atomic mass is 10.1. The van der Waals surface area contributed by atoms with Crippen molar-refractivity contribution in [2.24, 2.45) is 5.92 Å². The summed E-state index contributed by atoms with van der Waals surface area (Å²) in [7, 11) is 0. The van der Waals surface area contributed by atoms with Gasteiger partial charge in [-0.05, 0) is 43.1 Å². The van der Waals surface area contributed by atoms with E-state index < -0.39 is 11.7 Å². The van der Waals surface area contributed by atoms with E-state index in [1.807, 2.05) is 0 Å². The third kappa shape index (κ3) is 3.92. The average Bonchev–Trinajstić information content (AvgIpc) is 3.30. The molecule has 0 aliphatic heterocycles. The summed E-state index contributed by atoms with van der Waals surface area (Å²) in [6.45, 7) is 2.69. The highest BCUT2D eigenvalue weighted by Gasteiger charge is 2.44. The van der Waals surface area contributed by atoms with Crippen molar-refractivity contribution in [2.75, 3.05) is 6.54 Å². The van der Waals surface area contributed by atoms with E-state index in [0.29, 0.717) is 29.8 Å². The highest BCUT2D eigenvalue weighted by atomic mass is 32.1. The number of carbonyl (C=O) groups excluding carboxylic acids is 1. The molecule has 1 aromatic heterocycles. The molecule has 1 saturated carbocycles. The maximum Gasteiger partial charge on any atom is 0.416 e. The summed E-state index contributed by atoms with van der Waals surface area (Å²) in [6, 6.07) is 5.19. The van der Waals surface area contributed by atoms with Crippen molar-refractivity contribution in [2.45, 2.75) is 32.0 Å². The second kappa shape index (κ2) is 6.62. The van der Waals surface area contributed by atoms with Crippen molar-refractivity contribution < 1.29 is 18.0 Å². The van der Waals surface area contributed by atoms with Crippen LogP contribution >= 0.6 is 12.2 Å². The lowest BCUT2D eigenvalue weighted by Crippen LogP contribution is -2.29. The third-order valence-corrected chi connectivity index (χ3v) is 4.66. The van der Waals surface area contributed by atoms with E-state index in [1.165, 1.54) is 6.07 Å². The summed E-state index contributed by atoms with van der Waals surface area (Å²) in [6.07, 6.45) is -3.80. The lowest BCUT2D eigenvalue weighted by molar-refractivity contribution is -0.137. The summed E-state index contributed by atoms with van der Waals surface area (Å²) in [5.74, 6) is 0.157. The number of halogens is 3. The molecule has 9 heteroatoms. The van der Waals surface area contributed by atoms with Gasteiger partial charge in [0.15, 0.2) is 4.77 Å². The molecule has 1 fully saturated rings. The molecule has 1 amide bonds.